The molecule has 8 heteroatoms. The highest BCUT2D eigenvalue weighted by Gasteiger charge is 2.09. The van der Waals surface area contributed by atoms with Crippen LogP contribution in [0.1, 0.15) is 39.5 Å². The molecule has 8 nitrogen and oxygen atoms in total. The lowest BCUT2D eigenvalue weighted by Gasteiger charge is -2.16. The summed E-state index contributed by atoms with van der Waals surface area (Å²) in [6, 6.07) is 0. The Hall–Kier alpha value is -1.22. The standard InChI is InChI=1S/C14H28N2O6/c1-11(22-12(2)18)16-14(20)6-4-3-5-13(19)15-7-9-21-10-8-17/h11-12,17-18H,3-10H2,1-2H3,(H,15,19)(H,16,20). The second kappa shape index (κ2) is 13.4. The molecule has 0 radical (unpaired) electrons. The van der Waals surface area contributed by atoms with Crippen molar-refractivity contribution in [1.29, 1.82) is 0 Å². The van der Waals surface area contributed by atoms with E-state index in [9.17, 15) is 9.59 Å². The summed E-state index contributed by atoms with van der Waals surface area (Å²) in [5, 5.41) is 22.8. The van der Waals surface area contributed by atoms with Crippen LogP contribution in [0.3, 0.4) is 0 Å². The van der Waals surface area contributed by atoms with Crippen LogP contribution in [-0.2, 0) is 19.1 Å². The minimum atomic E-state index is -0.930. The first-order chi connectivity index (χ1) is 10.5. The number of amides is 2. The third-order valence-electron chi connectivity index (χ3n) is 2.63. The summed E-state index contributed by atoms with van der Waals surface area (Å²) in [7, 11) is 0. The summed E-state index contributed by atoms with van der Waals surface area (Å²) >= 11 is 0. The van der Waals surface area contributed by atoms with Crippen molar-refractivity contribution in [3.8, 4) is 0 Å². The first-order valence-corrected chi connectivity index (χ1v) is 7.54. The lowest BCUT2D eigenvalue weighted by atomic mass is 10.2. The van der Waals surface area contributed by atoms with Gasteiger partial charge in [0.1, 0.15) is 6.23 Å². The van der Waals surface area contributed by atoms with Crippen LogP contribution < -0.4 is 10.6 Å². The van der Waals surface area contributed by atoms with E-state index in [1.165, 1.54) is 6.92 Å². The molecular formula is C14H28N2O6. The molecule has 0 saturated heterocycles. The number of carbonyl (C=O) groups excluding carboxylic acids is 2. The van der Waals surface area contributed by atoms with Crippen molar-refractivity contribution in [2.45, 2.75) is 52.0 Å². The maximum absolute atomic E-state index is 11.5. The Morgan fingerprint density at radius 2 is 1.73 bits per heavy atom. The van der Waals surface area contributed by atoms with Crippen molar-refractivity contribution >= 4 is 11.8 Å². The maximum atomic E-state index is 11.5. The minimum Gasteiger partial charge on any atom is -0.394 e. The molecule has 0 aliphatic heterocycles. The van der Waals surface area contributed by atoms with Crippen molar-refractivity contribution in [1.82, 2.24) is 10.6 Å². The molecule has 0 aliphatic carbocycles. The average molecular weight is 320 g/mol. The Bertz CT molecular complexity index is 312. The van der Waals surface area contributed by atoms with E-state index in [0.717, 1.165) is 0 Å². The quantitative estimate of drug-likeness (QED) is 0.268. The van der Waals surface area contributed by atoms with Crippen LogP contribution in [0.2, 0.25) is 0 Å². The van der Waals surface area contributed by atoms with Crippen LogP contribution in [0.4, 0.5) is 0 Å². The minimum absolute atomic E-state index is 0.0309. The van der Waals surface area contributed by atoms with Crippen LogP contribution in [0.5, 0.6) is 0 Å². The largest absolute Gasteiger partial charge is 0.394 e. The molecular weight excluding hydrogens is 292 g/mol. The predicted octanol–water partition coefficient (Wildman–Crippen LogP) is -0.511. The van der Waals surface area contributed by atoms with E-state index in [0.29, 0.717) is 38.8 Å². The van der Waals surface area contributed by atoms with Gasteiger partial charge in [0.15, 0.2) is 6.29 Å². The molecule has 0 aliphatic rings. The third kappa shape index (κ3) is 13.7. The van der Waals surface area contributed by atoms with E-state index in [1.807, 2.05) is 0 Å². The number of unbranched alkanes of at least 4 members (excludes halogenated alkanes) is 1. The topological polar surface area (TPSA) is 117 Å². The van der Waals surface area contributed by atoms with E-state index in [4.69, 9.17) is 19.7 Å². The number of carbonyl (C=O) groups is 2. The highest BCUT2D eigenvalue weighted by Crippen LogP contribution is 2.01. The van der Waals surface area contributed by atoms with Gasteiger partial charge >= 0.3 is 0 Å². The molecule has 0 bridgehead atoms. The number of hydrogen-bond donors (Lipinski definition) is 4. The normalized spacial score (nSPS) is 13.5. The first kappa shape index (κ1) is 20.8. The molecule has 130 valence electrons. The molecule has 0 saturated carbocycles. The SMILES string of the molecule is CC(O)OC(C)NC(=O)CCCCC(=O)NCCOCCO. The Morgan fingerprint density at radius 3 is 2.32 bits per heavy atom. The number of rotatable bonds is 13. The monoisotopic (exact) mass is 320 g/mol. The summed E-state index contributed by atoms with van der Waals surface area (Å²) < 4.78 is 9.98. The van der Waals surface area contributed by atoms with Crippen LogP contribution >= 0.6 is 0 Å². The fourth-order valence-corrected chi connectivity index (χ4v) is 1.72. The van der Waals surface area contributed by atoms with E-state index in [-0.39, 0.29) is 25.0 Å². The summed E-state index contributed by atoms with van der Waals surface area (Å²) in [5.74, 6) is -0.259. The summed E-state index contributed by atoms with van der Waals surface area (Å²) in [6.07, 6.45) is 0.396. The van der Waals surface area contributed by atoms with E-state index in [1.54, 1.807) is 6.92 Å². The second-order valence-electron chi connectivity index (χ2n) is 4.84. The molecule has 0 aromatic carbocycles. The van der Waals surface area contributed by atoms with Gasteiger partial charge in [-0.3, -0.25) is 9.59 Å². The molecule has 2 atom stereocenters. The van der Waals surface area contributed by atoms with Crippen molar-refractivity contribution in [3.05, 3.63) is 0 Å². The lowest BCUT2D eigenvalue weighted by Crippen LogP contribution is -2.36. The first-order valence-electron chi connectivity index (χ1n) is 7.54. The van der Waals surface area contributed by atoms with Gasteiger partial charge in [-0.1, -0.05) is 0 Å². The smallest absolute Gasteiger partial charge is 0.221 e. The maximum Gasteiger partial charge on any atom is 0.221 e. The molecule has 2 amide bonds. The van der Waals surface area contributed by atoms with Crippen molar-refractivity contribution < 1.29 is 29.3 Å². The number of ether oxygens (including phenoxy) is 2. The number of nitrogens with one attached hydrogen (secondary N) is 2. The molecule has 0 aromatic heterocycles. The van der Waals surface area contributed by atoms with Crippen molar-refractivity contribution in [2.24, 2.45) is 0 Å². The van der Waals surface area contributed by atoms with Crippen molar-refractivity contribution in [3.63, 3.8) is 0 Å². The molecule has 0 aromatic rings. The van der Waals surface area contributed by atoms with Gasteiger partial charge in [-0.05, 0) is 26.7 Å². The third-order valence-corrected chi connectivity index (χ3v) is 2.63. The molecule has 0 spiro atoms. The highest BCUT2D eigenvalue weighted by molar-refractivity contribution is 5.77. The van der Waals surface area contributed by atoms with Crippen LogP contribution in [0.25, 0.3) is 0 Å². The lowest BCUT2D eigenvalue weighted by molar-refractivity contribution is -0.143. The van der Waals surface area contributed by atoms with E-state index >= 15 is 0 Å². The van der Waals surface area contributed by atoms with Gasteiger partial charge in [0.25, 0.3) is 0 Å². The summed E-state index contributed by atoms with van der Waals surface area (Å²) in [4.78, 5) is 23.0. The van der Waals surface area contributed by atoms with Gasteiger partial charge in [0.05, 0.1) is 19.8 Å². The van der Waals surface area contributed by atoms with Gasteiger partial charge in [0.2, 0.25) is 11.8 Å². The van der Waals surface area contributed by atoms with Crippen molar-refractivity contribution in [2.75, 3.05) is 26.4 Å². The van der Waals surface area contributed by atoms with Gasteiger partial charge in [-0.25, -0.2) is 0 Å². The Labute approximate surface area is 131 Å². The second-order valence-corrected chi connectivity index (χ2v) is 4.84. The van der Waals surface area contributed by atoms with E-state index < -0.39 is 12.5 Å². The van der Waals surface area contributed by atoms with Crippen LogP contribution in [0.15, 0.2) is 0 Å². The Balaban J connectivity index is 3.50. The number of hydrogen-bond acceptors (Lipinski definition) is 6. The Morgan fingerprint density at radius 1 is 1.09 bits per heavy atom. The van der Waals surface area contributed by atoms with Gasteiger partial charge in [0, 0.05) is 19.4 Å². The fourth-order valence-electron chi connectivity index (χ4n) is 1.72. The van der Waals surface area contributed by atoms with E-state index in [2.05, 4.69) is 10.6 Å². The Kier molecular flexibility index (Phi) is 12.7. The zero-order valence-electron chi connectivity index (χ0n) is 13.3. The molecule has 4 N–H and O–H groups in total. The molecule has 0 heterocycles. The predicted molar refractivity (Wildman–Crippen MR) is 79.8 cm³/mol. The summed E-state index contributed by atoms with van der Waals surface area (Å²) in [5.41, 5.74) is 0. The van der Waals surface area contributed by atoms with Gasteiger partial charge in [-0.15, -0.1) is 0 Å². The molecule has 22 heavy (non-hydrogen) atoms. The number of aliphatic hydroxyl groups excluding tert-OH is 2. The van der Waals surface area contributed by atoms with Crippen LogP contribution in [-0.4, -0.2) is 60.9 Å². The average Bonchev–Trinajstić information content (AvgIpc) is 2.42. The zero-order valence-corrected chi connectivity index (χ0v) is 13.3. The molecule has 0 rings (SSSR count). The highest BCUT2D eigenvalue weighted by atomic mass is 16.6. The summed E-state index contributed by atoms with van der Waals surface area (Å²) in [6.45, 7) is 4.12. The number of aliphatic hydroxyl groups is 2. The van der Waals surface area contributed by atoms with Gasteiger partial charge < -0.3 is 30.3 Å². The van der Waals surface area contributed by atoms with Gasteiger partial charge in [-0.2, -0.15) is 0 Å². The fraction of sp³-hybridized carbons (Fsp3) is 0.857. The van der Waals surface area contributed by atoms with Crippen LogP contribution in [0, 0.1) is 0 Å². The zero-order chi connectivity index (χ0) is 16.8. The molecule has 2 unspecified atom stereocenters. The molecule has 0 fully saturated rings.